The minimum Gasteiger partial charge on any atom is -0.465 e. The summed E-state index contributed by atoms with van der Waals surface area (Å²) < 4.78 is 54.9. The lowest BCUT2D eigenvalue weighted by Gasteiger charge is -2.12. The van der Waals surface area contributed by atoms with Crippen LogP contribution in [0, 0.1) is 6.92 Å². The molecule has 0 aliphatic rings. The number of benzene rings is 2. The molecule has 0 aliphatic carbocycles. The molecule has 0 saturated heterocycles. The smallest absolute Gasteiger partial charge is 0.337 e. The van der Waals surface area contributed by atoms with Gasteiger partial charge in [-0.3, -0.25) is 4.72 Å². The largest absolute Gasteiger partial charge is 0.465 e. The van der Waals surface area contributed by atoms with Crippen molar-refractivity contribution in [3.05, 3.63) is 53.6 Å². The molecule has 134 valence electrons. The van der Waals surface area contributed by atoms with Gasteiger partial charge in [-0.2, -0.15) is 0 Å². The van der Waals surface area contributed by atoms with Crippen LogP contribution >= 0.6 is 0 Å². The highest BCUT2D eigenvalue weighted by atomic mass is 32.2. The number of methoxy groups -OCH3 is 1. The van der Waals surface area contributed by atoms with E-state index in [4.69, 9.17) is 0 Å². The summed E-state index contributed by atoms with van der Waals surface area (Å²) in [5.41, 5.74) is 1.05. The molecule has 0 aromatic heterocycles. The first-order valence-electron chi connectivity index (χ1n) is 7.06. The summed E-state index contributed by atoms with van der Waals surface area (Å²) in [4.78, 5) is 11.5. The van der Waals surface area contributed by atoms with Gasteiger partial charge in [0.15, 0.2) is 9.84 Å². The molecule has 2 rings (SSSR count). The number of aryl methyl sites for hydroxylation is 1. The standard InChI is InChI=1S/C16H17NO6S2/c1-11-4-5-12(16(18)23-2)10-15(11)17-25(21,22)14-8-6-13(7-9-14)24(3,19)20/h4-10,17H,1-3H3. The highest BCUT2D eigenvalue weighted by Crippen LogP contribution is 2.22. The van der Waals surface area contributed by atoms with Gasteiger partial charge in [-0.1, -0.05) is 6.07 Å². The van der Waals surface area contributed by atoms with Crippen molar-refractivity contribution >= 4 is 31.5 Å². The number of ether oxygens (including phenoxy) is 1. The third-order valence-corrected chi connectivity index (χ3v) is 5.98. The summed E-state index contributed by atoms with van der Waals surface area (Å²) in [5.74, 6) is -0.585. The molecule has 7 nitrogen and oxygen atoms in total. The monoisotopic (exact) mass is 383 g/mol. The first kappa shape index (κ1) is 18.9. The highest BCUT2D eigenvalue weighted by molar-refractivity contribution is 7.92. The van der Waals surface area contributed by atoms with Crippen LogP contribution in [0.4, 0.5) is 5.69 Å². The number of rotatable bonds is 5. The summed E-state index contributed by atoms with van der Waals surface area (Å²) in [6.07, 6.45) is 1.04. The Morgan fingerprint density at radius 2 is 1.52 bits per heavy atom. The van der Waals surface area contributed by atoms with E-state index in [0.29, 0.717) is 5.56 Å². The van der Waals surface area contributed by atoms with Crippen molar-refractivity contribution in [3.63, 3.8) is 0 Å². The number of hydrogen-bond acceptors (Lipinski definition) is 6. The van der Waals surface area contributed by atoms with Gasteiger partial charge in [-0.05, 0) is 48.9 Å². The van der Waals surface area contributed by atoms with Crippen LogP contribution in [0.5, 0.6) is 0 Å². The molecule has 0 amide bonds. The molecule has 0 radical (unpaired) electrons. The number of nitrogens with one attached hydrogen (secondary N) is 1. The molecule has 0 unspecified atom stereocenters. The van der Waals surface area contributed by atoms with Crippen molar-refractivity contribution in [1.82, 2.24) is 0 Å². The third kappa shape index (κ3) is 4.37. The number of carbonyl (C=O) groups excluding carboxylic acids is 1. The van der Waals surface area contributed by atoms with E-state index in [-0.39, 0.29) is 21.0 Å². The Balaban J connectivity index is 2.37. The topological polar surface area (TPSA) is 107 Å². The fourth-order valence-corrected chi connectivity index (χ4v) is 3.80. The van der Waals surface area contributed by atoms with Gasteiger partial charge in [0.2, 0.25) is 0 Å². The highest BCUT2D eigenvalue weighted by Gasteiger charge is 2.18. The van der Waals surface area contributed by atoms with Gasteiger partial charge in [0.05, 0.1) is 28.2 Å². The van der Waals surface area contributed by atoms with Crippen LogP contribution in [0.25, 0.3) is 0 Å². The number of anilines is 1. The van der Waals surface area contributed by atoms with E-state index in [2.05, 4.69) is 9.46 Å². The first-order chi connectivity index (χ1) is 11.5. The predicted molar refractivity (Wildman–Crippen MR) is 92.9 cm³/mol. The maximum absolute atomic E-state index is 12.5. The van der Waals surface area contributed by atoms with Crippen LogP contribution in [0.15, 0.2) is 52.3 Å². The van der Waals surface area contributed by atoms with Crippen LogP contribution in [-0.4, -0.2) is 36.2 Å². The van der Waals surface area contributed by atoms with Crippen LogP contribution in [0.1, 0.15) is 15.9 Å². The number of sulfonamides is 1. The van der Waals surface area contributed by atoms with Crippen molar-refractivity contribution in [2.45, 2.75) is 16.7 Å². The maximum Gasteiger partial charge on any atom is 0.337 e. The van der Waals surface area contributed by atoms with Gasteiger partial charge in [-0.25, -0.2) is 21.6 Å². The predicted octanol–water partition coefficient (Wildman–Crippen LogP) is 1.99. The van der Waals surface area contributed by atoms with Gasteiger partial charge in [-0.15, -0.1) is 0 Å². The fourth-order valence-electron chi connectivity index (χ4n) is 2.05. The molecular formula is C16H17NO6S2. The molecule has 25 heavy (non-hydrogen) atoms. The zero-order chi connectivity index (χ0) is 18.8. The second-order valence-corrected chi connectivity index (χ2v) is 9.07. The van der Waals surface area contributed by atoms with Crippen molar-refractivity contribution in [3.8, 4) is 0 Å². The Bertz CT molecular complexity index is 1010. The van der Waals surface area contributed by atoms with Crippen LogP contribution in [-0.2, 0) is 24.6 Å². The summed E-state index contributed by atoms with van der Waals surface area (Å²) in [6.45, 7) is 1.69. The Morgan fingerprint density at radius 3 is 2.04 bits per heavy atom. The molecule has 0 atom stereocenters. The molecule has 0 bridgehead atoms. The van der Waals surface area contributed by atoms with Crippen LogP contribution in [0.3, 0.4) is 0 Å². The van der Waals surface area contributed by atoms with E-state index in [9.17, 15) is 21.6 Å². The molecule has 9 heteroatoms. The lowest BCUT2D eigenvalue weighted by Crippen LogP contribution is -2.14. The third-order valence-electron chi connectivity index (χ3n) is 3.47. The molecule has 2 aromatic carbocycles. The van der Waals surface area contributed by atoms with Crippen molar-refractivity contribution in [2.24, 2.45) is 0 Å². The average Bonchev–Trinajstić information content (AvgIpc) is 2.55. The Kier molecular flexibility index (Phi) is 5.19. The maximum atomic E-state index is 12.5. The summed E-state index contributed by atoms with van der Waals surface area (Å²) in [6, 6.07) is 9.36. The Labute approximate surface area is 146 Å². The van der Waals surface area contributed by atoms with Crippen LogP contribution < -0.4 is 4.72 Å². The van der Waals surface area contributed by atoms with E-state index < -0.39 is 25.8 Å². The first-order valence-corrected chi connectivity index (χ1v) is 10.4. The van der Waals surface area contributed by atoms with Crippen LogP contribution in [0.2, 0.25) is 0 Å². The minimum atomic E-state index is -3.94. The van der Waals surface area contributed by atoms with Gasteiger partial charge >= 0.3 is 5.97 Å². The van der Waals surface area contributed by atoms with Crippen molar-refractivity contribution in [2.75, 3.05) is 18.1 Å². The zero-order valence-corrected chi connectivity index (χ0v) is 15.4. The van der Waals surface area contributed by atoms with Gasteiger partial charge in [0.25, 0.3) is 10.0 Å². The number of esters is 1. The second-order valence-electron chi connectivity index (χ2n) is 5.37. The average molecular weight is 383 g/mol. The molecule has 0 aliphatic heterocycles. The quantitative estimate of drug-likeness (QED) is 0.791. The van der Waals surface area contributed by atoms with E-state index in [1.807, 2.05) is 0 Å². The van der Waals surface area contributed by atoms with E-state index in [1.165, 1.54) is 43.5 Å². The minimum absolute atomic E-state index is 0.0234. The second kappa shape index (κ2) is 6.85. The number of sulfone groups is 1. The lowest BCUT2D eigenvalue weighted by molar-refractivity contribution is 0.0600. The fraction of sp³-hybridized carbons (Fsp3) is 0.188. The van der Waals surface area contributed by atoms with Gasteiger partial charge < -0.3 is 4.74 Å². The summed E-state index contributed by atoms with van der Waals surface area (Å²) in [5, 5.41) is 0. The van der Waals surface area contributed by atoms with Gasteiger partial charge in [0, 0.05) is 6.26 Å². The molecule has 0 heterocycles. The molecule has 2 aromatic rings. The van der Waals surface area contributed by atoms with Crippen molar-refractivity contribution in [1.29, 1.82) is 0 Å². The SMILES string of the molecule is COC(=O)c1ccc(C)c(NS(=O)(=O)c2ccc(S(C)(=O)=O)cc2)c1. The number of carbonyl (C=O) groups is 1. The van der Waals surface area contributed by atoms with E-state index >= 15 is 0 Å². The van der Waals surface area contributed by atoms with E-state index in [1.54, 1.807) is 13.0 Å². The van der Waals surface area contributed by atoms with Gasteiger partial charge in [0.1, 0.15) is 0 Å². The molecule has 0 spiro atoms. The van der Waals surface area contributed by atoms with E-state index in [0.717, 1.165) is 6.26 Å². The Hall–Kier alpha value is -2.39. The normalized spacial score (nSPS) is 11.8. The molecule has 0 saturated carbocycles. The summed E-state index contributed by atoms with van der Waals surface area (Å²) in [7, 11) is -6.13. The Morgan fingerprint density at radius 1 is 0.960 bits per heavy atom. The molecular weight excluding hydrogens is 366 g/mol. The van der Waals surface area contributed by atoms with Crippen molar-refractivity contribution < 1.29 is 26.4 Å². The molecule has 1 N–H and O–H groups in total. The summed E-state index contributed by atoms with van der Waals surface area (Å²) >= 11 is 0. The molecule has 0 fully saturated rings. The zero-order valence-electron chi connectivity index (χ0n) is 13.8. The number of hydrogen-bond donors (Lipinski definition) is 1. The lowest BCUT2D eigenvalue weighted by atomic mass is 10.1.